The molecule has 0 unspecified atom stereocenters. The van der Waals surface area contributed by atoms with Gasteiger partial charge in [0.05, 0.1) is 0 Å². The highest BCUT2D eigenvalue weighted by Crippen LogP contribution is 2.26. The van der Waals surface area contributed by atoms with Gasteiger partial charge in [-0.05, 0) is 31.2 Å². The molecule has 19 heavy (non-hydrogen) atoms. The molecule has 0 heterocycles. The third kappa shape index (κ3) is 4.65. The molecular formula is C13H33NO3Si2. The Morgan fingerprint density at radius 1 is 0.789 bits per heavy atom. The lowest BCUT2D eigenvalue weighted by Crippen LogP contribution is -2.55. The Morgan fingerprint density at radius 3 is 1.47 bits per heavy atom. The molecule has 0 aromatic carbocycles. The summed E-state index contributed by atoms with van der Waals surface area (Å²) in [5, 5.41) is 0. The first-order chi connectivity index (χ1) is 9.03. The van der Waals surface area contributed by atoms with Crippen LogP contribution in [0.1, 0.15) is 27.7 Å². The molecule has 6 heteroatoms. The lowest BCUT2D eigenvalue weighted by atomic mass is 10.6. The largest absolute Gasteiger partial charge is 0.501 e. The van der Waals surface area contributed by atoms with Crippen molar-refractivity contribution in [3.8, 4) is 0 Å². The summed E-state index contributed by atoms with van der Waals surface area (Å²) in [7, 11) is 1.35. The van der Waals surface area contributed by atoms with Crippen LogP contribution < -0.4 is 0 Å². The molecule has 0 bridgehead atoms. The number of hydrogen-bond donors (Lipinski definition) is 0. The second-order valence-corrected chi connectivity index (χ2v) is 13.2. The first kappa shape index (κ1) is 19.3. The molecule has 0 amide bonds. The molecule has 0 atom stereocenters. The minimum Gasteiger partial charge on any atom is -0.377 e. The van der Waals surface area contributed by atoms with Gasteiger partial charge in [-0.15, -0.1) is 0 Å². The molecule has 0 N–H and O–H groups in total. The topological polar surface area (TPSA) is 30.9 Å². The quantitative estimate of drug-likeness (QED) is 0.549. The van der Waals surface area contributed by atoms with Gasteiger partial charge in [-0.1, -0.05) is 27.7 Å². The Kier molecular flexibility index (Phi) is 9.39. The maximum absolute atomic E-state index is 5.53. The smallest absolute Gasteiger partial charge is 0.377 e. The van der Waals surface area contributed by atoms with Gasteiger partial charge in [0.2, 0.25) is 0 Å². The van der Waals surface area contributed by atoms with Crippen molar-refractivity contribution in [2.24, 2.45) is 0 Å². The lowest BCUT2D eigenvalue weighted by Gasteiger charge is -2.41. The van der Waals surface area contributed by atoms with E-state index in [1.54, 1.807) is 21.3 Å². The highest BCUT2D eigenvalue weighted by atomic mass is 28.4. The standard InChI is InChI=1S/C13H33NO3Si2/c1-8-14(18(9-2,10-3)11-4)12-13-19(15-5,16-6)17-7/h8-13H2,1-7H3. The van der Waals surface area contributed by atoms with Crippen molar-refractivity contribution in [2.45, 2.75) is 51.9 Å². The fourth-order valence-corrected chi connectivity index (χ4v) is 8.96. The summed E-state index contributed by atoms with van der Waals surface area (Å²) in [6.07, 6.45) is 0. The van der Waals surface area contributed by atoms with E-state index in [0.29, 0.717) is 0 Å². The molecule has 0 aliphatic heterocycles. The Labute approximate surface area is 121 Å². The average molecular weight is 308 g/mol. The maximum atomic E-state index is 5.53. The molecular weight excluding hydrogens is 274 g/mol. The molecule has 0 aromatic heterocycles. The van der Waals surface area contributed by atoms with Gasteiger partial charge < -0.3 is 17.8 Å². The van der Waals surface area contributed by atoms with Crippen LogP contribution >= 0.6 is 0 Å². The molecule has 0 fully saturated rings. The molecule has 0 aliphatic carbocycles. The third-order valence-corrected chi connectivity index (χ3v) is 13.2. The lowest BCUT2D eigenvalue weighted by molar-refractivity contribution is 0.121. The normalized spacial score (nSPS) is 13.3. The van der Waals surface area contributed by atoms with E-state index in [9.17, 15) is 0 Å². The summed E-state index contributed by atoms with van der Waals surface area (Å²) in [6, 6.07) is 4.82. The zero-order valence-corrected chi connectivity index (χ0v) is 15.9. The van der Waals surface area contributed by atoms with E-state index in [2.05, 4.69) is 32.3 Å². The maximum Gasteiger partial charge on any atom is 0.501 e. The minimum absolute atomic E-state index is 0.874. The van der Waals surface area contributed by atoms with Crippen molar-refractivity contribution in [3.63, 3.8) is 0 Å². The molecule has 4 nitrogen and oxygen atoms in total. The SMILES string of the molecule is CCN(CC[Si](OC)(OC)OC)[Si](CC)(CC)CC. The van der Waals surface area contributed by atoms with E-state index < -0.39 is 17.0 Å². The molecule has 0 saturated heterocycles. The second-order valence-electron chi connectivity index (χ2n) is 4.91. The van der Waals surface area contributed by atoms with Crippen LogP contribution in [0.25, 0.3) is 0 Å². The predicted octanol–water partition coefficient (Wildman–Crippen LogP) is 3.19. The van der Waals surface area contributed by atoms with Crippen LogP contribution in [-0.2, 0) is 13.3 Å². The van der Waals surface area contributed by atoms with Crippen molar-refractivity contribution in [1.82, 2.24) is 4.57 Å². The molecule has 0 rings (SSSR count). The number of hydrogen-bond acceptors (Lipinski definition) is 4. The van der Waals surface area contributed by atoms with Crippen LogP contribution in [0, 0.1) is 0 Å². The monoisotopic (exact) mass is 307 g/mol. The molecule has 116 valence electrons. The molecule has 0 spiro atoms. The highest BCUT2D eigenvalue weighted by Gasteiger charge is 2.40. The van der Waals surface area contributed by atoms with E-state index in [1.807, 2.05) is 0 Å². The second kappa shape index (κ2) is 9.25. The minimum atomic E-state index is -2.43. The van der Waals surface area contributed by atoms with Crippen molar-refractivity contribution in [2.75, 3.05) is 34.4 Å². The van der Waals surface area contributed by atoms with Crippen LogP contribution in [0.5, 0.6) is 0 Å². The fraction of sp³-hybridized carbons (Fsp3) is 1.00. The Morgan fingerprint density at radius 2 is 1.21 bits per heavy atom. The van der Waals surface area contributed by atoms with E-state index in [1.165, 1.54) is 18.1 Å². The summed E-state index contributed by atoms with van der Waals surface area (Å²) in [5.41, 5.74) is 0. The summed E-state index contributed by atoms with van der Waals surface area (Å²) in [4.78, 5) is 0. The summed E-state index contributed by atoms with van der Waals surface area (Å²) < 4.78 is 19.3. The average Bonchev–Trinajstić information content (AvgIpc) is 2.48. The van der Waals surface area contributed by atoms with Gasteiger partial charge in [0.1, 0.15) is 8.24 Å². The van der Waals surface area contributed by atoms with Crippen molar-refractivity contribution < 1.29 is 13.3 Å². The Balaban J connectivity index is 4.81. The highest BCUT2D eigenvalue weighted by molar-refractivity contribution is 6.77. The Hall–Kier alpha value is 0.274. The third-order valence-electron chi connectivity index (χ3n) is 4.65. The van der Waals surface area contributed by atoms with Crippen molar-refractivity contribution in [3.05, 3.63) is 0 Å². The first-order valence-electron chi connectivity index (χ1n) is 7.44. The van der Waals surface area contributed by atoms with Gasteiger partial charge in [0.25, 0.3) is 0 Å². The van der Waals surface area contributed by atoms with Gasteiger partial charge in [0, 0.05) is 27.4 Å². The van der Waals surface area contributed by atoms with E-state index >= 15 is 0 Å². The van der Waals surface area contributed by atoms with Crippen LogP contribution in [-0.4, -0.2) is 56.0 Å². The van der Waals surface area contributed by atoms with E-state index in [0.717, 1.165) is 19.1 Å². The van der Waals surface area contributed by atoms with Crippen molar-refractivity contribution >= 4 is 17.0 Å². The molecule has 0 aromatic rings. The van der Waals surface area contributed by atoms with Crippen LogP contribution in [0.3, 0.4) is 0 Å². The van der Waals surface area contributed by atoms with Gasteiger partial charge >= 0.3 is 8.80 Å². The number of nitrogens with zero attached hydrogens (tertiary/aromatic N) is 1. The van der Waals surface area contributed by atoms with Crippen molar-refractivity contribution in [1.29, 1.82) is 0 Å². The predicted molar refractivity (Wildman–Crippen MR) is 86.0 cm³/mol. The van der Waals surface area contributed by atoms with Crippen LogP contribution in [0.2, 0.25) is 24.2 Å². The zero-order chi connectivity index (χ0) is 14.9. The first-order valence-corrected chi connectivity index (χ1v) is 11.9. The van der Waals surface area contributed by atoms with E-state index in [-0.39, 0.29) is 0 Å². The zero-order valence-electron chi connectivity index (χ0n) is 13.9. The van der Waals surface area contributed by atoms with Gasteiger partial charge in [-0.25, -0.2) is 0 Å². The van der Waals surface area contributed by atoms with Crippen LogP contribution in [0.15, 0.2) is 0 Å². The molecule has 0 aliphatic rings. The summed E-state index contributed by atoms with van der Waals surface area (Å²) in [6.45, 7) is 11.4. The van der Waals surface area contributed by atoms with Crippen LogP contribution in [0.4, 0.5) is 0 Å². The number of rotatable bonds is 11. The Bertz CT molecular complexity index is 217. The molecule has 0 saturated carbocycles. The van der Waals surface area contributed by atoms with E-state index in [4.69, 9.17) is 13.3 Å². The summed E-state index contributed by atoms with van der Waals surface area (Å²) in [5.74, 6) is 0. The van der Waals surface area contributed by atoms with Gasteiger partial charge in [-0.2, -0.15) is 0 Å². The molecule has 0 radical (unpaired) electrons. The summed E-state index contributed by atoms with van der Waals surface area (Å²) >= 11 is 0. The fourth-order valence-electron chi connectivity index (χ4n) is 2.98. The van der Waals surface area contributed by atoms with Gasteiger partial charge in [-0.3, -0.25) is 0 Å². The van der Waals surface area contributed by atoms with Gasteiger partial charge in [0.15, 0.2) is 0 Å².